The van der Waals surface area contributed by atoms with Gasteiger partial charge in [0.2, 0.25) is 0 Å². The van der Waals surface area contributed by atoms with Crippen molar-refractivity contribution in [2.45, 2.75) is 39.0 Å². The molecule has 1 N–H and O–H groups in total. The lowest BCUT2D eigenvalue weighted by atomic mass is 10.1. The molecular weight excluding hydrogens is 284 g/mol. The molecule has 0 unspecified atom stereocenters. The average Bonchev–Trinajstić information content (AvgIpc) is 2.28. The summed E-state index contributed by atoms with van der Waals surface area (Å²) in [4.78, 5) is 1.79. The Bertz CT molecular complexity index is 464. The highest BCUT2D eigenvalue weighted by Crippen LogP contribution is 2.32. The molecular formula is C15H22F4N2. The molecule has 0 saturated carbocycles. The van der Waals surface area contributed by atoms with Gasteiger partial charge in [0.15, 0.2) is 0 Å². The fourth-order valence-electron chi connectivity index (χ4n) is 1.91. The zero-order chi connectivity index (χ0) is 16.3. The number of alkyl halides is 3. The van der Waals surface area contributed by atoms with E-state index in [1.807, 2.05) is 20.8 Å². The fourth-order valence-corrected chi connectivity index (χ4v) is 1.91. The van der Waals surface area contributed by atoms with Crippen LogP contribution >= 0.6 is 0 Å². The molecule has 0 amide bonds. The lowest BCUT2D eigenvalue weighted by Crippen LogP contribution is -2.40. The second-order valence-corrected chi connectivity index (χ2v) is 6.19. The summed E-state index contributed by atoms with van der Waals surface area (Å²) in [6.07, 6.45) is -4.66. The van der Waals surface area contributed by atoms with Crippen LogP contribution < -0.4 is 5.32 Å². The Hall–Kier alpha value is -1.14. The summed E-state index contributed by atoms with van der Waals surface area (Å²) < 4.78 is 51.8. The first-order chi connectivity index (χ1) is 9.50. The minimum absolute atomic E-state index is 0.0255. The van der Waals surface area contributed by atoms with E-state index in [4.69, 9.17) is 0 Å². The van der Waals surface area contributed by atoms with Gasteiger partial charge in [0.05, 0.1) is 5.56 Å². The van der Waals surface area contributed by atoms with Crippen LogP contribution in [0.2, 0.25) is 0 Å². The van der Waals surface area contributed by atoms with Crippen molar-refractivity contribution in [3.63, 3.8) is 0 Å². The zero-order valence-corrected chi connectivity index (χ0v) is 12.8. The van der Waals surface area contributed by atoms with Crippen molar-refractivity contribution in [2.24, 2.45) is 0 Å². The average molecular weight is 306 g/mol. The van der Waals surface area contributed by atoms with Crippen LogP contribution in [0, 0.1) is 5.82 Å². The number of rotatable bonds is 5. The minimum Gasteiger partial charge on any atom is -0.311 e. The predicted molar refractivity (Wildman–Crippen MR) is 75.5 cm³/mol. The van der Waals surface area contributed by atoms with E-state index in [0.29, 0.717) is 13.1 Å². The number of benzene rings is 1. The van der Waals surface area contributed by atoms with E-state index in [9.17, 15) is 17.6 Å². The van der Waals surface area contributed by atoms with Gasteiger partial charge in [0.1, 0.15) is 5.82 Å². The van der Waals surface area contributed by atoms with E-state index in [-0.39, 0.29) is 17.6 Å². The summed E-state index contributed by atoms with van der Waals surface area (Å²) in [5, 5.41) is 3.27. The summed E-state index contributed by atoms with van der Waals surface area (Å²) in [6.45, 7) is 7.52. The molecule has 0 aliphatic heterocycles. The van der Waals surface area contributed by atoms with E-state index >= 15 is 0 Å². The lowest BCUT2D eigenvalue weighted by molar-refractivity contribution is -0.140. The second kappa shape index (κ2) is 6.75. The van der Waals surface area contributed by atoms with E-state index in [1.165, 1.54) is 12.1 Å². The number of likely N-dealkylation sites (N-methyl/N-ethyl adjacent to an activating group) is 1. The van der Waals surface area contributed by atoms with Crippen LogP contribution in [0.3, 0.4) is 0 Å². The highest BCUT2D eigenvalue weighted by Gasteiger charge is 2.34. The van der Waals surface area contributed by atoms with Crippen LogP contribution in [0.5, 0.6) is 0 Å². The van der Waals surface area contributed by atoms with E-state index in [2.05, 4.69) is 5.32 Å². The van der Waals surface area contributed by atoms with Crippen LogP contribution in [0.15, 0.2) is 18.2 Å². The summed E-state index contributed by atoms with van der Waals surface area (Å²) in [5.74, 6) is -1.18. The SMILES string of the molecule is CN(CCNC(C)(C)C)Cc1cccc(C(F)(F)F)c1F. The molecule has 6 heteroatoms. The van der Waals surface area contributed by atoms with Crippen molar-refractivity contribution < 1.29 is 17.6 Å². The molecule has 0 heterocycles. The number of halogens is 4. The standard InChI is InChI=1S/C15H22F4N2/c1-14(2,3)20-8-9-21(4)10-11-6-5-7-12(13(11)16)15(17,18)19/h5-7,20H,8-10H2,1-4H3. The van der Waals surface area contributed by atoms with Crippen molar-refractivity contribution in [3.8, 4) is 0 Å². The highest BCUT2D eigenvalue weighted by molar-refractivity contribution is 5.28. The van der Waals surface area contributed by atoms with Gasteiger partial charge in [0.25, 0.3) is 0 Å². The molecule has 0 aromatic heterocycles. The highest BCUT2D eigenvalue weighted by atomic mass is 19.4. The third-order valence-electron chi connectivity index (χ3n) is 2.97. The molecule has 1 rings (SSSR count). The van der Waals surface area contributed by atoms with Crippen molar-refractivity contribution in [1.29, 1.82) is 0 Å². The van der Waals surface area contributed by atoms with Crippen LogP contribution in [-0.4, -0.2) is 30.6 Å². The van der Waals surface area contributed by atoms with Crippen LogP contribution in [0.4, 0.5) is 17.6 Å². The number of nitrogens with zero attached hydrogens (tertiary/aromatic N) is 1. The molecule has 0 atom stereocenters. The van der Waals surface area contributed by atoms with Gasteiger partial charge in [-0.2, -0.15) is 13.2 Å². The molecule has 0 aliphatic rings. The smallest absolute Gasteiger partial charge is 0.311 e. The molecule has 0 fully saturated rings. The number of hydrogen-bond donors (Lipinski definition) is 1. The quantitative estimate of drug-likeness (QED) is 0.835. The molecule has 1 aromatic carbocycles. The van der Waals surface area contributed by atoms with Gasteiger partial charge in [-0.05, 0) is 33.9 Å². The number of hydrogen-bond acceptors (Lipinski definition) is 2. The predicted octanol–water partition coefficient (Wildman–Crippen LogP) is 3.66. The largest absolute Gasteiger partial charge is 0.419 e. The van der Waals surface area contributed by atoms with Crippen LogP contribution in [0.1, 0.15) is 31.9 Å². The first kappa shape index (κ1) is 17.9. The molecule has 0 aliphatic carbocycles. The summed E-state index contributed by atoms with van der Waals surface area (Å²) in [5.41, 5.74) is -1.17. The second-order valence-electron chi connectivity index (χ2n) is 6.19. The van der Waals surface area contributed by atoms with Gasteiger partial charge in [-0.25, -0.2) is 4.39 Å². The van der Waals surface area contributed by atoms with Gasteiger partial charge in [-0.15, -0.1) is 0 Å². The van der Waals surface area contributed by atoms with Crippen LogP contribution in [-0.2, 0) is 12.7 Å². The zero-order valence-electron chi connectivity index (χ0n) is 12.8. The van der Waals surface area contributed by atoms with E-state index in [1.54, 1.807) is 11.9 Å². The van der Waals surface area contributed by atoms with Gasteiger partial charge in [-0.1, -0.05) is 12.1 Å². The normalized spacial score (nSPS) is 13.0. The first-order valence-corrected chi connectivity index (χ1v) is 6.79. The first-order valence-electron chi connectivity index (χ1n) is 6.79. The summed E-state index contributed by atoms with van der Waals surface area (Å²) >= 11 is 0. The van der Waals surface area contributed by atoms with Crippen molar-refractivity contribution in [3.05, 3.63) is 35.1 Å². The fraction of sp³-hybridized carbons (Fsp3) is 0.600. The molecule has 21 heavy (non-hydrogen) atoms. The molecule has 0 bridgehead atoms. The number of nitrogens with one attached hydrogen (secondary N) is 1. The van der Waals surface area contributed by atoms with Gasteiger partial charge < -0.3 is 10.2 Å². The Labute approximate surface area is 123 Å². The summed E-state index contributed by atoms with van der Waals surface area (Å²) in [7, 11) is 1.75. The maximum Gasteiger partial charge on any atom is 0.419 e. The Morgan fingerprint density at radius 1 is 1.14 bits per heavy atom. The van der Waals surface area contributed by atoms with Gasteiger partial charge in [-0.3, -0.25) is 0 Å². The van der Waals surface area contributed by atoms with Gasteiger partial charge in [0, 0.05) is 30.7 Å². The van der Waals surface area contributed by atoms with E-state index in [0.717, 1.165) is 6.07 Å². The Morgan fingerprint density at radius 3 is 2.29 bits per heavy atom. The molecule has 1 aromatic rings. The molecule has 0 radical (unpaired) electrons. The monoisotopic (exact) mass is 306 g/mol. The van der Waals surface area contributed by atoms with Crippen molar-refractivity contribution in [1.82, 2.24) is 10.2 Å². The molecule has 0 spiro atoms. The topological polar surface area (TPSA) is 15.3 Å². The Kier molecular flexibility index (Phi) is 5.75. The summed E-state index contributed by atoms with van der Waals surface area (Å²) in [6, 6.07) is 3.39. The van der Waals surface area contributed by atoms with E-state index < -0.39 is 17.6 Å². The third-order valence-corrected chi connectivity index (χ3v) is 2.97. The van der Waals surface area contributed by atoms with Crippen molar-refractivity contribution >= 4 is 0 Å². The maximum atomic E-state index is 13.9. The Morgan fingerprint density at radius 2 is 1.76 bits per heavy atom. The molecule has 120 valence electrons. The maximum absolute atomic E-state index is 13.9. The molecule has 2 nitrogen and oxygen atoms in total. The molecule has 0 saturated heterocycles. The van der Waals surface area contributed by atoms with Gasteiger partial charge >= 0.3 is 6.18 Å². The third kappa shape index (κ3) is 6.01. The Balaban J connectivity index is 2.67. The van der Waals surface area contributed by atoms with Crippen LogP contribution in [0.25, 0.3) is 0 Å². The lowest BCUT2D eigenvalue weighted by Gasteiger charge is -2.24. The minimum atomic E-state index is -4.66. The van der Waals surface area contributed by atoms with Crippen molar-refractivity contribution in [2.75, 3.05) is 20.1 Å².